The fourth-order valence-corrected chi connectivity index (χ4v) is 1.23. The lowest BCUT2D eigenvalue weighted by Gasteiger charge is -1.97. The van der Waals surface area contributed by atoms with Gasteiger partial charge in [0.1, 0.15) is 6.54 Å². The predicted octanol–water partition coefficient (Wildman–Crippen LogP) is 0.768. The zero-order chi connectivity index (χ0) is 9.10. The van der Waals surface area contributed by atoms with E-state index in [1.165, 1.54) is 18.4 Å². The summed E-state index contributed by atoms with van der Waals surface area (Å²) in [5.74, 6) is 2.55. The molecule has 3 heteroatoms. The molecule has 1 aromatic rings. The smallest absolute Gasteiger partial charge is 0.101 e. The summed E-state index contributed by atoms with van der Waals surface area (Å²) in [5.41, 5.74) is 1.21. The van der Waals surface area contributed by atoms with Crippen molar-refractivity contribution in [2.75, 3.05) is 0 Å². The summed E-state index contributed by atoms with van der Waals surface area (Å²) in [6, 6.07) is 0.746. The van der Waals surface area contributed by atoms with Crippen LogP contribution in [0.1, 0.15) is 18.4 Å². The highest BCUT2D eigenvalue weighted by Gasteiger charge is 2.19. The number of rotatable bonds is 4. The van der Waals surface area contributed by atoms with Crippen LogP contribution in [0.15, 0.2) is 12.4 Å². The van der Waals surface area contributed by atoms with Crippen molar-refractivity contribution in [2.45, 2.75) is 32.0 Å². The Morgan fingerprint density at radius 2 is 2.54 bits per heavy atom. The summed E-state index contributed by atoms with van der Waals surface area (Å²) >= 11 is 0. The molecule has 13 heavy (non-hydrogen) atoms. The summed E-state index contributed by atoms with van der Waals surface area (Å²) in [6.45, 7) is 1.47. The average Bonchev–Trinajstić information content (AvgIpc) is 2.85. The number of nitrogens with zero attached hydrogens (tertiary/aromatic N) is 2. The van der Waals surface area contributed by atoms with Gasteiger partial charge in [-0.25, -0.2) is 0 Å². The third-order valence-corrected chi connectivity index (χ3v) is 2.11. The van der Waals surface area contributed by atoms with E-state index in [1.54, 1.807) is 4.68 Å². The maximum absolute atomic E-state index is 5.18. The summed E-state index contributed by atoms with van der Waals surface area (Å²) in [4.78, 5) is 0. The Labute approximate surface area is 78.1 Å². The predicted molar refractivity (Wildman–Crippen MR) is 50.9 cm³/mol. The number of nitrogens with one attached hydrogen (secondary N) is 1. The highest BCUT2D eigenvalue weighted by molar-refractivity contribution is 5.05. The molecule has 0 radical (unpaired) electrons. The molecule has 0 saturated heterocycles. The fraction of sp³-hybridized carbons (Fsp3) is 0.500. The van der Waals surface area contributed by atoms with Crippen molar-refractivity contribution >= 4 is 0 Å². The van der Waals surface area contributed by atoms with Gasteiger partial charge in [0.2, 0.25) is 0 Å². The van der Waals surface area contributed by atoms with Crippen LogP contribution in [-0.2, 0) is 13.1 Å². The number of hydrogen-bond donors (Lipinski definition) is 1. The quantitative estimate of drug-likeness (QED) is 0.685. The van der Waals surface area contributed by atoms with E-state index < -0.39 is 0 Å². The van der Waals surface area contributed by atoms with Crippen LogP contribution < -0.4 is 5.32 Å². The van der Waals surface area contributed by atoms with E-state index >= 15 is 0 Å². The van der Waals surface area contributed by atoms with E-state index in [0.717, 1.165) is 12.6 Å². The van der Waals surface area contributed by atoms with Crippen LogP contribution in [0.4, 0.5) is 0 Å². The Morgan fingerprint density at radius 1 is 1.69 bits per heavy atom. The first-order valence-electron chi connectivity index (χ1n) is 4.56. The summed E-state index contributed by atoms with van der Waals surface area (Å²) in [7, 11) is 0. The number of terminal acetylenes is 1. The van der Waals surface area contributed by atoms with Crippen LogP contribution in [0.3, 0.4) is 0 Å². The van der Waals surface area contributed by atoms with Crippen molar-refractivity contribution in [3.8, 4) is 12.3 Å². The molecule has 1 aromatic heterocycles. The van der Waals surface area contributed by atoms with Gasteiger partial charge in [-0.2, -0.15) is 5.10 Å². The lowest BCUT2D eigenvalue weighted by atomic mass is 10.3. The summed E-state index contributed by atoms with van der Waals surface area (Å²) in [5, 5.41) is 7.56. The van der Waals surface area contributed by atoms with Gasteiger partial charge in [0, 0.05) is 24.3 Å². The van der Waals surface area contributed by atoms with Crippen molar-refractivity contribution < 1.29 is 0 Å². The molecular formula is C10H13N3. The molecule has 1 aliphatic rings. The summed E-state index contributed by atoms with van der Waals surface area (Å²) in [6.07, 6.45) is 11.7. The molecule has 68 valence electrons. The van der Waals surface area contributed by atoms with Gasteiger partial charge in [-0.05, 0) is 12.8 Å². The van der Waals surface area contributed by atoms with Crippen molar-refractivity contribution in [3.63, 3.8) is 0 Å². The maximum Gasteiger partial charge on any atom is 0.101 e. The maximum atomic E-state index is 5.18. The van der Waals surface area contributed by atoms with Crippen molar-refractivity contribution in [3.05, 3.63) is 18.0 Å². The Bertz CT molecular complexity index is 317. The molecule has 0 aliphatic heterocycles. The van der Waals surface area contributed by atoms with E-state index in [2.05, 4.69) is 16.3 Å². The normalized spacial score (nSPS) is 15.6. The Balaban J connectivity index is 1.85. The SMILES string of the molecule is C#CCn1cc(CNC2CC2)cn1. The van der Waals surface area contributed by atoms with Crippen LogP contribution in [-0.4, -0.2) is 15.8 Å². The largest absolute Gasteiger partial charge is 0.310 e. The second-order valence-corrected chi connectivity index (χ2v) is 3.41. The monoisotopic (exact) mass is 175 g/mol. The molecule has 0 spiro atoms. The Hall–Kier alpha value is -1.27. The minimum Gasteiger partial charge on any atom is -0.310 e. The standard InChI is InChI=1S/C10H13N3/c1-2-5-13-8-9(7-12-13)6-11-10-3-4-10/h1,7-8,10-11H,3-6H2. The van der Waals surface area contributed by atoms with Crippen LogP contribution in [0.2, 0.25) is 0 Å². The molecule has 1 N–H and O–H groups in total. The van der Waals surface area contributed by atoms with E-state index in [1.807, 2.05) is 12.4 Å². The third-order valence-electron chi connectivity index (χ3n) is 2.11. The van der Waals surface area contributed by atoms with Gasteiger partial charge in [-0.1, -0.05) is 5.92 Å². The zero-order valence-electron chi connectivity index (χ0n) is 7.53. The molecule has 1 saturated carbocycles. The average molecular weight is 175 g/mol. The van der Waals surface area contributed by atoms with Gasteiger partial charge >= 0.3 is 0 Å². The zero-order valence-corrected chi connectivity index (χ0v) is 7.53. The van der Waals surface area contributed by atoms with Crippen molar-refractivity contribution in [2.24, 2.45) is 0 Å². The lowest BCUT2D eigenvalue weighted by Crippen LogP contribution is -2.14. The van der Waals surface area contributed by atoms with Gasteiger partial charge in [-0.15, -0.1) is 6.42 Å². The summed E-state index contributed by atoms with van der Waals surface area (Å²) < 4.78 is 1.78. The molecule has 0 bridgehead atoms. The highest BCUT2D eigenvalue weighted by atomic mass is 15.3. The van der Waals surface area contributed by atoms with Crippen LogP contribution in [0.5, 0.6) is 0 Å². The molecule has 2 rings (SSSR count). The number of aromatic nitrogens is 2. The van der Waals surface area contributed by atoms with E-state index in [9.17, 15) is 0 Å². The molecule has 0 unspecified atom stereocenters. The van der Waals surface area contributed by atoms with E-state index in [4.69, 9.17) is 6.42 Å². The van der Waals surface area contributed by atoms with Crippen LogP contribution in [0.25, 0.3) is 0 Å². The van der Waals surface area contributed by atoms with Crippen LogP contribution >= 0.6 is 0 Å². The second kappa shape index (κ2) is 3.63. The third kappa shape index (κ3) is 2.33. The first-order valence-corrected chi connectivity index (χ1v) is 4.56. The Kier molecular flexibility index (Phi) is 2.33. The van der Waals surface area contributed by atoms with Gasteiger partial charge in [-0.3, -0.25) is 4.68 Å². The first kappa shape index (κ1) is 8.33. The van der Waals surface area contributed by atoms with Crippen LogP contribution in [0, 0.1) is 12.3 Å². The van der Waals surface area contributed by atoms with Crippen molar-refractivity contribution in [1.82, 2.24) is 15.1 Å². The molecule has 1 fully saturated rings. The second-order valence-electron chi connectivity index (χ2n) is 3.41. The van der Waals surface area contributed by atoms with E-state index in [-0.39, 0.29) is 0 Å². The van der Waals surface area contributed by atoms with Crippen molar-refractivity contribution in [1.29, 1.82) is 0 Å². The topological polar surface area (TPSA) is 29.9 Å². The minimum atomic E-state index is 0.559. The first-order chi connectivity index (χ1) is 6.38. The van der Waals surface area contributed by atoms with Gasteiger partial charge in [0.15, 0.2) is 0 Å². The molecule has 1 aliphatic carbocycles. The molecule has 0 aromatic carbocycles. The van der Waals surface area contributed by atoms with Gasteiger partial charge in [0.05, 0.1) is 6.20 Å². The fourth-order valence-electron chi connectivity index (χ4n) is 1.23. The molecule has 0 amide bonds. The number of hydrogen-bond acceptors (Lipinski definition) is 2. The highest BCUT2D eigenvalue weighted by Crippen LogP contribution is 2.19. The molecular weight excluding hydrogens is 162 g/mol. The minimum absolute atomic E-state index is 0.559. The van der Waals surface area contributed by atoms with Gasteiger partial charge < -0.3 is 5.32 Å². The molecule has 1 heterocycles. The van der Waals surface area contributed by atoms with E-state index in [0.29, 0.717) is 6.54 Å². The molecule has 0 atom stereocenters. The lowest BCUT2D eigenvalue weighted by molar-refractivity contribution is 0.683. The Morgan fingerprint density at radius 3 is 3.23 bits per heavy atom. The van der Waals surface area contributed by atoms with Gasteiger partial charge in [0.25, 0.3) is 0 Å². The molecule has 3 nitrogen and oxygen atoms in total.